The Hall–Kier alpha value is -3.02. The fourth-order valence-corrected chi connectivity index (χ4v) is 3.78. The van der Waals surface area contributed by atoms with Crippen molar-refractivity contribution in [2.75, 3.05) is 13.2 Å². The first kappa shape index (κ1) is 21.7. The van der Waals surface area contributed by atoms with Crippen LogP contribution in [0.1, 0.15) is 60.2 Å². The molecule has 160 valence electrons. The number of carbonyl (C=O) groups is 2. The lowest BCUT2D eigenvalue weighted by atomic mass is 9.90. The molecule has 30 heavy (non-hydrogen) atoms. The molecule has 2 aromatic carbocycles. The fraction of sp³-hybridized carbons (Fsp3) is 0.417. The van der Waals surface area contributed by atoms with Crippen LogP contribution in [0.2, 0.25) is 0 Å². The Bertz CT molecular complexity index is 788. The van der Waals surface area contributed by atoms with E-state index in [2.05, 4.69) is 10.6 Å². The van der Waals surface area contributed by atoms with Crippen LogP contribution in [0.3, 0.4) is 0 Å². The van der Waals surface area contributed by atoms with E-state index in [1.54, 1.807) is 12.1 Å². The second kappa shape index (κ2) is 10.7. The van der Waals surface area contributed by atoms with Crippen molar-refractivity contribution >= 4 is 11.8 Å². The van der Waals surface area contributed by atoms with E-state index in [-0.39, 0.29) is 23.9 Å². The molecule has 0 spiro atoms. The molecule has 1 fully saturated rings. The summed E-state index contributed by atoms with van der Waals surface area (Å²) in [4.78, 5) is 25.4. The molecule has 2 N–H and O–H groups in total. The Morgan fingerprint density at radius 3 is 1.47 bits per heavy atom. The minimum absolute atomic E-state index is 0.0936. The summed E-state index contributed by atoms with van der Waals surface area (Å²) < 4.78 is 11.1. The zero-order chi connectivity index (χ0) is 21.3. The summed E-state index contributed by atoms with van der Waals surface area (Å²) >= 11 is 0. The second-order valence-electron chi connectivity index (χ2n) is 7.35. The van der Waals surface area contributed by atoms with Crippen molar-refractivity contribution in [1.82, 2.24) is 10.6 Å². The first-order valence-corrected chi connectivity index (χ1v) is 10.7. The van der Waals surface area contributed by atoms with E-state index in [1.165, 1.54) is 0 Å². The Balaban J connectivity index is 1.52. The lowest BCUT2D eigenvalue weighted by molar-refractivity contribution is 0.0887. The summed E-state index contributed by atoms with van der Waals surface area (Å²) in [5.74, 6) is 0.979. The maximum atomic E-state index is 12.7. The van der Waals surface area contributed by atoms with E-state index in [9.17, 15) is 9.59 Å². The molecule has 0 atom stereocenters. The number of para-hydroxylation sites is 2. The van der Waals surface area contributed by atoms with Crippen molar-refractivity contribution in [3.63, 3.8) is 0 Å². The van der Waals surface area contributed by atoms with Gasteiger partial charge in [0.2, 0.25) is 0 Å². The van der Waals surface area contributed by atoms with Gasteiger partial charge in [-0.3, -0.25) is 9.59 Å². The zero-order valence-corrected chi connectivity index (χ0v) is 17.6. The Kier molecular flexibility index (Phi) is 7.71. The van der Waals surface area contributed by atoms with Gasteiger partial charge in [-0.05, 0) is 63.8 Å². The standard InChI is InChI=1S/C24H30N2O4/c1-3-29-21-11-7-5-9-19(21)23(27)25-17-13-15-18(16-14-17)26-24(28)20-10-6-8-12-22(20)30-4-2/h5-12,17-18H,3-4,13-16H2,1-2H3,(H,25,27)(H,26,28). The molecule has 1 aliphatic rings. The topological polar surface area (TPSA) is 76.7 Å². The first-order chi connectivity index (χ1) is 14.6. The maximum absolute atomic E-state index is 12.7. The summed E-state index contributed by atoms with van der Waals surface area (Å²) in [6, 6.07) is 14.8. The average molecular weight is 411 g/mol. The predicted octanol–water partition coefficient (Wildman–Crippen LogP) is 3.96. The van der Waals surface area contributed by atoms with Gasteiger partial charge in [0.15, 0.2) is 0 Å². The smallest absolute Gasteiger partial charge is 0.255 e. The van der Waals surface area contributed by atoms with Crippen LogP contribution in [0.5, 0.6) is 11.5 Å². The Labute approximate surface area is 178 Å². The third-order valence-electron chi connectivity index (χ3n) is 5.26. The number of carbonyl (C=O) groups excluding carboxylic acids is 2. The molecule has 1 saturated carbocycles. The average Bonchev–Trinajstić information content (AvgIpc) is 2.76. The Morgan fingerprint density at radius 1 is 0.733 bits per heavy atom. The van der Waals surface area contributed by atoms with Crippen molar-refractivity contribution in [2.24, 2.45) is 0 Å². The number of nitrogens with one attached hydrogen (secondary N) is 2. The quantitative estimate of drug-likeness (QED) is 0.691. The summed E-state index contributed by atoms with van der Waals surface area (Å²) in [5, 5.41) is 6.23. The highest BCUT2D eigenvalue weighted by molar-refractivity contribution is 5.97. The minimum Gasteiger partial charge on any atom is -0.493 e. The van der Waals surface area contributed by atoms with Crippen LogP contribution < -0.4 is 20.1 Å². The highest BCUT2D eigenvalue weighted by Crippen LogP contribution is 2.23. The number of ether oxygens (including phenoxy) is 2. The highest BCUT2D eigenvalue weighted by Gasteiger charge is 2.25. The number of rotatable bonds is 8. The van der Waals surface area contributed by atoms with Crippen LogP contribution in [0.4, 0.5) is 0 Å². The van der Waals surface area contributed by atoms with Crippen molar-refractivity contribution in [1.29, 1.82) is 0 Å². The summed E-state index contributed by atoms with van der Waals surface area (Å²) in [7, 11) is 0. The molecule has 0 aromatic heterocycles. The van der Waals surface area contributed by atoms with Crippen LogP contribution in [-0.4, -0.2) is 37.1 Å². The molecule has 0 bridgehead atoms. The van der Waals surface area contributed by atoms with E-state index in [4.69, 9.17) is 9.47 Å². The molecule has 0 saturated heterocycles. The zero-order valence-electron chi connectivity index (χ0n) is 17.6. The lowest BCUT2D eigenvalue weighted by Gasteiger charge is -2.30. The van der Waals surface area contributed by atoms with Crippen molar-refractivity contribution in [2.45, 2.75) is 51.6 Å². The van der Waals surface area contributed by atoms with Gasteiger partial charge < -0.3 is 20.1 Å². The van der Waals surface area contributed by atoms with Crippen LogP contribution in [0.25, 0.3) is 0 Å². The monoisotopic (exact) mass is 410 g/mol. The number of hydrogen-bond acceptors (Lipinski definition) is 4. The van der Waals surface area contributed by atoms with Crippen LogP contribution >= 0.6 is 0 Å². The van der Waals surface area contributed by atoms with Crippen LogP contribution in [0, 0.1) is 0 Å². The van der Waals surface area contributed by atoms with Gasteiger partial charge in [0, 0.05) is 12.1 Å². The minimum atomic E-state index is -0.114. The lowest BCUT2D eigenvalue weighted by Crippen LogP contribution is -2.44. The van der Waals surface area contributed by atoms with E-state index in [1.807, 2.05) is 50.2 Å². The van der Waals surface area contributed by atoms with Gasteiger partial charge in [0.1, 0.15) is 11.5 Å². The van der Waals surface area contributed by atoms with Crippen molar-refractivity contribution in [3.8, 4) is 11.5 Å². The third kappa shape index (κ3) is 5.53. The molecule has 1 aliphatic carbocycles. The third-order valence-corrected chi connectivity index (χ3v) is 5.26. The molecule has 2 amide bonds. The van der Waals surface area contributed by atoms with Crippen molar-refractivity contribution < 1.29 is 19.1 Å². The van der Waals surface area contributed by atoms with E-state index in [0.29, 0.717) is 35.8 Å². The molecule has 2 aromatic rings. The van der Waals surface area contributed by atoms with Gasteiger partial charge in [-0.1, -0.05) is 24.3 Å². The van der Waals surface area contributed by atoms with Crippen LogP contribution in [0.15, 0.2) is 48.5 Å². The van der Waals surface area contributed by atoms with E-state index < -0.39 is 0 Å². The maximum Gasteiger partial charge on any atom is 0.255 e. The molecule has 6 nitrogen and oxygen atoms in total. The molecular formula is C24H30N2O4. The summed E-state index contributed by atoms with van der Waals surface area (Å²) in [6.07, 6.45) is 3.28. The van der Waals surface area contributed by atoms with Gasteiger partial charge >= 0.3 is 0 Å². The number of amides is 2. The molecule has 0 radical (unpaired) electrons. The SMILES string of the molecule is CCOc1ccccc1C(=O)NC1CCC(NC(=O)c2ccccc2OCC)CC1. The largest absolute Gasteiger partial charge is 0.493 e. The van der Waals surface area contributed by atoms with Crippen molar-refractivity contribution in [3.05, 3.63) is 59.7 Å². The van der Waals surface area contributed by atoms with Gasteiger partial charge in [0.05, 0.1) is 24.3 Å². The highest BCUT2D eigenvalue weighted by atomic mass is 16.5. The molecule has 6 heteroatoms. The van der Waals surface area contributed by atoms with Crippen LogP contribution in [-0.2, 0) is 0 Å². The molecular weight excluding hydrogens is 380 g/mol. The Morgan fingerprint density at radius 2 is 1.10 bits per heavy atom. The summed E-state index contributed by atoms with van der Waals surface area (Å²) in [5.41, 5.74) is 1.12. The van der Waals surface area contributed by atoms with Gasteiger partial charge in [-0.25, -0.2) is 0 Å². The fourth-order valence-electron chi connectivity index (χ4n) is 3.78. The predicted molar refractivity (Wildman–Crippen MR) is 116 cm³/mol. The molecule has 3 rings (SSSR count). The molecule has 0 aliphatic heterocycles. The normalized spacial score (nSPS) is 18.3. The van der Waals surface area contributed by atoms with Gasteiger partial charge in [0.25, 0.3) is 11.8 Å². The first-order valence-electron chi connectivity index (χ1n) is 10.7. The van der Waals surface area contributed by atoms with Gasteiger partial charge in [-0.15, -0.1) is 0 Å². The summed E-state index contributed by atoms with van der Waals surface area (Å²) in [6.45, 7) is 4.83. The van der Waals surface area contributed by atoms with Gasteiger partial charge in [-0.2, -0.15) is 0 Å². The molecule has 0 heterocycles. The second-order valence-corrected chi connectivity index (χ2v) is 7.35. The van der Waals surface area contributed by atoms with E-state index >= 15 is 0 Å². The number of benzene rings is 2. The number of hydrogen-bond donors (Lipinski definition) is 2. The van der Waals surface area contributed by atoms with E-state index in [0.717, 1.165) is 25.7 Å². The molecule has 0 unspecified atom stereocenters.